The number of anilines is 1. The Kier molecular flexibility index (Phi) is 2.81. The summed E-state index contributed by atoms with van der Waals surface area (Å²) in [5.74, 6) is -0.261. The second-order valence-electron chi connectivity index (χ2n) is 3.14. The lowest BCUT2D eigenvalue weighted by Crippen LogP contribution is -2.23. The Morgan fingerprint density at radius 2 is 2.38 bits per heavy atom. The molecule has 0 spiro atoms. The number of nitrogens with one attached hydrogen (secondary N) is 1. The summed E-state index contributed by atoms with van der Waals surface area (Å²) in [6.07, 6.45) is 4.40. The van der Waals surface area contributed by atoms with Crippen molar-refractivity contribution < 1.29 is 9.32 Å². The molecule has 0 saturated heterocycles. The van der Waals surface area contributed by atoms with E-state index in [1.165, 1.54) is 18.7 Å². The minimum atomic E-state index is -0.261. The fraction of sp³-hybridized carbons (Fsp3) is 0.100. The van der Waals surface area contributed by atoms with Gasteiger partial charge in [-0.1, -0.05) is 5.16 Å². The van der Waals surface area contributed by atoms with E-state index in [1.807, 2.05) is 0 Å². The van der Waals surface area contributed by atoms with Crippen LogP contribution in [0.1, 0.15) is 16.1 Å². The van der Waals surface area contributed by atoms with Crippen LogP contribution in [0.3, 0.4) is 0 Å². The van der Waals surface area contributed by atoms with Crippen LogP contribution >= 0.6 is 0 Å². The molecule has 0 unspecified atom stereocenters. The molecule has 0 aliphatic rings. The molecule has 2 rings (SSSR count). The van der Waals surface area contributed by atoms with Gasteiger partial charge in [0.1, 0.15) is 12.0 Å². The summed E-state index contributed by atoms with van der Waals surface area (Å²) in [5, 5.41) is 6.34. The first-order chi connectivity index (χ1) is 7.77. The molecule has 1 amide bonds. The third-order valence-electron chi connectivity index (χ3n) is 2.02. The number of hydrogen-bond donors (Lipinski definition) is 2. The molecule has 2 aromatic rings. The maximum atomic E-state index is 11.7. The molecule has 6 heteroatoms. The van der Waals surface area contributed by atoms with Gasteiger partial charge in [-0.05, 0) is 6.07 Å². The SMILES string of the molecule is Nc1cnccc1C(=O)NCc1ccon1. The summed E-state index contributed by atoms with van der Waals surface area (Å²) >= 11 is 0. The highest BCUT2D eigenvalue weighted by molar-refractivity contribution is 5.98. The van der Waals surface area contributed by atoms with E-state index in [9.17, 15) is 4.79 Å². The van der Waals surface area contributed by atoms with Gasteiger partial charge in [0.25, 0.3) is 5.91 Å². The van der Waals surface area contributed by atoms with Gasteiger partial charge in [0.05, 0.1) is 24.0 Å². The largest absolute Gasteiger partial charge is 0.397 e. The van der Waals surface area contributed by atoms with Crippen molar-refractivity contribution in [3.05, 3.63) is 42.0 Å². The standard InChI is InChI=1S/C10H10N4O2/c11-9-6-12-3-1-8(9)10(15)13-5-7-2-4-16-14-7/h1-4,6H,5,11H2,(H,13,15). The minimum Gasteiger partial charge on any atom is -0.397 e. The molecule has 82 valence electrons. The van der Waals surface area contributed by atoms with Gasteiger partial charge in [-0.15, -0.1) is 0 Å². The molecule has 3 N–H and O–H groups in total. The minimum absolute atomic E-state index is 0.261. The van der Waals surface area contributed by atoms with Gasteiger partial charge < -0.3 is 15.6 Å². The van der Waals surface area contributed by atoms with E-state index in [-0.39, 0.29) is 5.91 Å². The number of nitrogens with two attached hydrogens (primary N) is 1. The summed E-state index contributed by atoms with van der Waals surface area (Å²) < 4.78 is 4.64. The van der Waals surface area contributed by atoms with Crippen molar-refractivity contribution in [3.8, 4) is 0 Å². The van der Waals surface area contributed by atoms with Crippen molar-refractivity contribution >= 4 is 11.6 Å². The highest BCUT2D eigenvalue weighted by atomic mass is 16.5. The number of nitrogens with zero attached hydrogens (tertiary/aromatic N) is 2. The average Bonchev–Trinajstić information content (AvgIpc) is 2.79. The highest BCUT2D eigenvalue weighted by Gasteiger charge is 2.09. The van der Waals surface area contributed by atoms with E-state index in [0.717, 1.165) is 0 Å². The molecular formula is C10H10N4O2. The molecule has 0 saturated carbocycles. The second kappa shape index (κ2) is 4.43. The zero-order valence-corrected chi connectivity index (χ0v) is 8.38. The van der Waals surface area contributed by atoms with E-state index in [4.69, 9.17) is 5.73 Å². The van der Waals surface area contributed by atoms with Crippen molar-refractivity contribution in [2.45, 2.75) is 6.54 Å². The molecule has 0 aromatic carbocycles. The van der Waals surface area contributed by atoms with Crippen LogP contribution in [0.15, 0.2) is 35.3 Å². The third kappa shape index (κ3) is 2.17. The summed E-state index contributed by atoms with van der Waals surface area (Å²) in [6, 6.07) is 3.24. The molecule has 0 aliphatic heterocycles. The predicted octanol–water partition coefficient (Wildman–Crippen LogP) is 0.582. The van der Waals surface area contributed by atoms with Gasteiger partial charge in [0.15, 0.2) is 0 Å². The molecule has 6 nitrogen and oxygen atoms in total. The van der Waals surface area contributed by atoms with Crippen LogP contribution in [0.5, 0.6) is 0 Å². The molecule has 0 radical (unpaired) electrons. The van der Waals surface area contributed by atoms with Crippen molar-refractivity contribution in [2.24, 2.45) is 0 Å². The fourth-order valence-electron chi connectivity index (χ4n) is 1.21. The topological polar surface area (TPSA) is 94.0 Å². The molecule has 0 atom stereocenters. The fourth-order valence-corrected chi connectivity index (χ4v) is 1.21. The molecule has 0 fully saturated rings. The molecule has 0 bridgehead atoms. The van der Waals surface area contributed by atoms with Crippen LogP contribution in [-0.2, 0) is 6.54 Å². The van der Waals surface area contributed by atoms with Crippen molar-refractivity contribution in [1.29, 1.82) is 0 Å². The second-order valence-corrected chi connectivity index (χ2v) is 3.14. The first-order valence-electron chi connectivity index (χ1n) is 4.64. The van der Waals surface area contributed by atoms with Crippen LogP contribution in [0.2, 0.25) is 0 Å². The number of pyridine rings is 1. The zero-order chi connectivity index (χ0) is 11.4. The van der Waals surface area contributed by atoms with Gasteiger partial charge in [0, 0.05) is 12.3 Å². The smallest absolute Gasteiger partial charge is 0.253 e. The summed E-state index contributed by atoms with van der Waals surface area (Å²) in [5.41, 5.74) is 7.02. The lowest BCUT2D eigenvalue weighted by molar-refractivity contribution is 0.0951. The Hall–Kier alpha value is -2.37. The maximum Gasteiger partial charge on any atom is 0.253 e. The van der Waals surface area contributed by atoms with E-state index in [0.29, 0.717) is 23.5 Å². The average molecular weight is 218 g/mol. The van der Waals surface area contributed by atoms with Gasteiger partial charge in [0.2, 0.25) is 0 Å². The van der Waals surface area contributed by atoms with Crippen LogP contribution in [0, 0.1) is 0 Å². The van der Waals surface area contributed by atoms with Crippen molar-refractivity contribution in [3.63, 3.8) is 0 Å². The predicted molar refractivity (Wildman–Crippen MR) is 56.3 cm³/mol. The Bertz CT molecular complexity index is 481. The van der Waals surface area contributed by atoms with Crippen LogP contribution < -0.4 is 11.1 Å². The molecular weight excluding hydrogens is 208 g/mol. The number of amides is 1. The van der Waals surface area contributed by atoms with E-state index < -0.39 is 0 Å². The molecule has 16 heavy (non-hydrogen) atoms. The van der Waals surface area contributed by atoms with Crippen molar-refractivity contribution in [1.82, 2.24) is 15.5 Å². The quantitative estimate of drug-likeness (QED) is 0.785. The highest BCUT2D eigenvalue weighted by Crippen LogP contribution is 2.08. The van der Waals surface area contributed by atoms with Crippen molar-refractivity contribution in [2.75, 3.05) is 5.73 Å². The van der Waals surface area contributed by atoms with Gasteiger partial charge in [-0.3, -0.25) is 9.78 Å². The monoisotopic (exact) mass is 218 g/mol. The molecule has 2 aromatic heterocycles. The number of rotatable bonds is 3. The Morgan fingerprint density at radius 3 is 3.06 bits per heavy atom. The van der Waals surface area contributed by atoms with Crippen LogP contribution in [0.4, 0.5) is 5.69 Å². The summed E-state index contributed by atoms with van der Waals surface area (Å²) in [7, 11) is 0. The first kappa shape index (κ1) is 10.2. The number of carbonyl (C=O) groups excluding carboxylic acids is 1. The first-order valence-corrected chi connectivity index (χ1v) is 4.64. The maximum absolute atomic E-state index is 11.7. The van der Waals surface area contributed by atoms with E-state index in [2.05, 4.69) is 20.0 Å². The van der Waals surface area contributed by atoms with Crippen LogP contribution in [0.25, 0.3) is 0 Å². The number of carbonyl (C=O) groups is 1. The summed E-state index contributed by atoms with van der Waals surface area (Å²) in [4.78, 5) is 15.5. The zero-order valence-electron chi connectivity index (χ0n) is 8.38. The number of nitrogen functional groups attached to an aromatic ring is 1. The number of hydrogen-bond acceptors (Lipinski definition) is 5. The Balaban J connectivity index is 2.01. The lowest BCUT2D eigenvalue weighted by Gasteiger charge is -2.04. The molecule has 0 aliphatic carbocycles. The summed E-state index contributed by atoms with van der Waals surface area (Å²) in [6.45, 7) is 0.303. The van der Waals surface area contributed by atoms with Gasteiger partial charge in [-0.25, -0.2) is 0 Å². The molecule has 2 heterocycles. The van der Waals surface area contributed by atoms with E-state index >= 15 is 0 Å². The normalized spacial score (nSPS) is 10.0. The third-order valence-corrected chi connectivity index (χ3v) is 2.02. The number of aromatic nitrogens is 2. The van der Waals surface area contributed by atoms with Gasteiger partial charge >= 0.3 is 0 Å². The van der Waals surface area contributed by atoms with E-state index in [1.54, 1.807) is 12.1 Å². The van der Waals surface area contributed by atoms with Gasteiger partial charge in [-0.2, -0.15) is 0 Å². The Labute approximate surface area is 91.5 Å². The Morgan fingerprint density at radius 1 is 1.50 bits per heavy atom. The lowest BCUT2D eigenvalue weighted by atomic mass is 10.2. The van der Waals surface area contributed by atoms with Crippen LogP contribution in [-0.4, -0.2) is 16.0 Å².